The molecule has 0 bridgehead atoms. The number of carbonyl (C=O) groups excluding carboxylic acids is 1. The van der Waals surface area contributed by atoms with Crippen molar-refractivity contribution in [2.75, 3.05) is 33.2 Å². The van der Waals surface area contributed by atoms with Crippen LogP contribution in [-0.2, 0) is 18.4 Å². The van der Waals surface area contributed by atoms with Crippen LogP contribution < -0.4 is 5.73 Å². The minimum absolute atomic E-state index is 0.0993. The molecule has 0 unspecified atom stereocenters. The largest absolute Gasteiger partial charge is 0.369 e. The van der Waals surface area contributed by atoms with Crippen LogP contribution in [0.2, 0.25) is 0 Å². The molecule has 0 aromatic carbocycles. The quantitative estimate of drug-likeness (QED) is 0.769. The van der Waals surface area contributed by atoms with Crippen molar-refractivity contribution in [2.24, 2.45) is 18.7 Å². The SMILES string of the molecule is CN1CCN(Cc2nccn2C)C[C@@H](C(N)=O)C1. The average Bonchev–Trinajstić information content (AvgIpc) is 2.59. The summed E-state index contributed by atoms with van der Waals surface area (Å²) in [4.78, 5) is 20.1. The summed E-state index contributed by atoms with van der Waals surface area (Å²) in [6.07, 6.45) is 3.73. The number of nitrogens with two attached hydrogens (primary N) is 1. The third kappa shape index (κ3) is 3.08. The summed E-state index contributed by atoms with van der Waals surface area (Å²) in [7, 11) is 4.01. The van der Waals surface area contributed by atoms with E-state index in [4.69, 9.17) is 5.73 Å². The predicted molar refractivity (Wildman–Crippen MR) is 68.7 cm³/mol. The van der Waals surface area contributed by atoms with Gasteiger partial charge in [-0.05, 0) is 7.05 Å². The lowest BCUT2D eigenvalue weighted by Crippen LogP contribution is -2.37. The van der Waals surface area contributed by atoms with Gasteiger partial charge in [-0.2, -0.15) is 0 Å². The average molecular weight is 251 g/mol. The number of likely N-dealkylation sites (N-methyl/N-ethyl adjacent to an activating group) is 1. The van der Waals surface area contributed by atoms with E-state index in [2.05, 4.69) is 14.8 Å². The van der Waals surface area contributed by atoms with Crippen LogP contribution in [0.25, 0.3) is 0 Å². The fourth-order valence-corrected chi connectivity index (χ4v) is 2.31. The van der Waals surface area contributed by atoms with Gasteiger partial charge in [-0.15, -0.1) is 0 Å². The molecule has 1 atom stereocenters. The van der Waals surface area contributed by atoms with E-state index < -0.39 is 0 Å². The summed E-state index contributed by atoms with van der Waals surface area (Å²) in [6, 6.07) is 0. The third-order valence-electron chi connectivity index (χ3n) is 3.50. The number of nitrogens with zero attached hydrogens (tertiary/aromatic N) is 4. The van der Waals surface area contributed by atoms with Gasteiger partial charge in [0.1, 0.15) is 5.82 Å². The Labute approximate surface area is 107 Å². The molecule has 1 fully saturated rings. The maximum atomic E-state index is 11.4. The monoisotopic (exact) mass is 251 g/mol. The number of aromatic nitrogens is 2. The number of rotatable bonds is 3. The first-order valence-electron chi connectivity index (χ1n) is 6.22. The molecule has 0 aliphatic carbocycles. The second-order valence-electron chi connectivity index (χ2n) is 5.05. The van der Waals surface area contributed by atoms with E-state index in [9.17, 15) is 4.79 Å². The highest BCUT2D eigenvalue weighted by Crippen LogP contribution is 2.11. The van der Waals surface area contributed by atoms with E-state index in [0.717, 1.165) is 32.0 Å². The molecule has 100 valence electrons. The minimum atomic E-state index is -0.214. The first-order chi connectivity index (χ1) is 8.56. The number of carbonyl (C=O) groups is 1. The molecule has 2 heterocycles. The fourth-order valence-electron chi connectivity index (χ4n) is 2.31. The Balaban J connectivity index is 2.03. The van der Waals surface area contributed by atoms with Crippen LogP contribution in [0.3, 0.4) is 0 Å². The minimum Gasteiger partial charge on any atom is -0.369 e. The van der Waals surface area contributed by atoms with Crippen LogP contribution in [0.15, 0.2) is 12.4 Å². The van der Waals surface area contributed by atoms with Crippen LogP contribution in [0.4, 0.5) is 0 Å². The number of aryl methyl sites for hydroxylation is 1. The second-order valence-corrected chi connectivity index (χ2v) is 5.05. The number of hydrogen-bond acceptors (Lipinski definition) is 4. The zero-order chi connectivity index (χ0) is 13.1. The third-order valence-corrected chi connectivity index (χ3v) is 3.50. The molecule has 18 heavy (non-hydrogen) atoms. The summed E-state index contributed by atoms with van der Waals surface area (Å²) in [5.41, 5.74) is 5.45. The number of hydrogen-bond donors (Lipinski definition) is 1. The van der Waals surface area contributed by atoms with Crippen molar-refractivity contribution in [3.8, 4) is 0 Å². The highest BCUT2D eigenvalue weighted by molar-refractivity contribution is 5.77. The Morgan fingerprint density at radius 3 is 2.83 bits per heavy atom. The van der Waals surface area contributed by atoms with Crippen LogP contribution in [-0.4, -0.2) is 58.5 Å². The smallest absolute Gasteiger partial charge is 0.223 e. The Hall–Kier alpha value is -1.40. The van der Waals surface area contributed by atoms with Gasteiger partial charge in [0, 0.05) is 45.6 Å². The maximum absolute atomic E-state index is 11.4. The number of amides is 1. The van der Waals surface area contributed by atoms with Crippen molar-refractivity contribution in [3.63, 3.8) is 0 Å². The Bertz CT molecular complexity index is 416. The lowest BCUT2D eigenvalue weighted by molar-refractivity contribution is -0.122. The van der Waals surface area contributed by atoms with Crippen LogP contribution in [0.5, 0.6) is 0 Å². The molecule has 1 aromatic heterocycles. The van der Waals surface area contributed by atoms with E-state index in [-0.39, 0.29) is 11.8 Å². The number of primary amides is 1. The zero-order valence-corrected chi connectivity index (χ0v) is 11.0. The van der Waals surface area contributed by atoms with Gasteiger partial charge < -0.3 is 15.2 Å². The van der Waals surface area contributed by atoms with Gasteiger partial charge in [0.05, 0.1) is 12.5 Å². The number of imidazole rings is 1. The van der Waals surface area contributed by atoms with Crippen LogP contribution in [0.1, 0.15) is 5.82 Å². The Morgan fingerprint density at radius 1 is 1.44 bits per heavy atom. The summed E-state index contributed by atoms with van der Waals surface area (Å²) in [5.74, 6) is 0.703. The van der Waals surface area contributed by atoms with Crippen LogP contribution >= 0.6 is 0 Å². The molecule has 1 aromatic rings. The van der Waals surface area contributed by atoms with E-state index in [1.807, 2.05) is 24.9 Å². The predicted octanol–water partition coefficient (Wildman–Crippen LogP) is -0.731. The topological polar surface area (TPSA) is 67.4 Å². The van der Waals surface area contributed by atoms with Crippen molar-refractivity contribution < 1.29 is 4.79 Å². The summed E-state index contributed by atoms with van der Waals surface area (Å²) < 4.78 is 2.01. The highest BCUT2D eigenvalue weighted by atomic mass is 16.1. The molecular weight excluding hydrogens is 230 g/mol. The molecule has 0 spiro atoms. The summed E-state index contributed by atoms with van der Waals surface area (Å²) in [6.45, 7) is 4.11. The van der Waals surface area contributed by atoms with Gasteiger partial charge in [0.2, 0.25) is 5.91 Å². The van der Waals surface area contributed by atoms with Gasteiger partial charge in [-0.3, -0.25) is 9.69 Å². The lowest BCUT2D eigenvalue weighted by atomic mass is 10.1. The van der Waals surface area contributed by atoms with Crippen molar-refractivity contribution in [3.05, 3.63) is 18.2 Å². The first-order valence-corrected chi connectivity index (χ1v) is 6.22. The van der Waals surface area contributed by atoms with Gasteiger partial charge in [0.25, 0.3) is 0 Å². The molecule has 0 saturated carbocycles. The zero-order valence-electron chi connectivity index (χ0n) is 11.0. The second kappa shape index (κ2) is 5.49. The van der Waals surface area contributed by atoms with Crippen molar-refractivity contribution in [1.29, 1.82) is 0 Å². The normalized spacial score (nSPS) is 22.9. The molecule has 2 N–H and O–H groups in total. The fraction of sp³-hybridized carbons (Fsp3) is 0.667. The molecule has 2 rings (SSSR count). The maximum Gasteiger partial charge on any atom is 0.223 e. The van der Waals surface area contributed by atoms with Gasteiger partial charge in [0.15, 0.2) is 0 Å². The molecule has 1 aliphatic heterocycles. The lowest BCUT2D eigenvalue weighted by Gasteiger charge is -2.21. The molecule has 6 nitrogen and oxygen atoms in total. The van der Waals surface area contributed by atoms with Crippen molar-refractivity contribution in [1.82, 2.24) is 19.4 Å². The molecule has 6 heteroatoms. The standard InChI is InChI=1S/C12H21N5O/c1-15-5-6-17(8-10(7-15)12(13)18)9-11-14-3-4-16(11)2/h3-4,10H,5-9H2,1-2H3,(H2,13,18)/t10-/m0/s1. The molecule has 1 aliphatic rings. The van der Waals surface area contributed by atoms with Crippen molar-refractivity contribution in [2.45, 2.75) is 6.54 Å². The molecule has 1 saturated heterocycles. The van der Waals surface area contributed by atoms with E-state index in [1.54, 1.807) is 6.20 Å². The first kappa shape index (κ1) is 13.0. The Kier molecular flexibility index (Phi) is 3.98. The van der Waals surface area contributed by atoms with E-state index in [0.29, 0.717) is 6.54 Å². The van der Waals surface area contributed by atoms with Gasteiger partial charge in [-0.1, -0.05) is 0 Å². The summed E-state index contributed by atoms with van der Waals surface area (Å²) in [5, 5.41) is 0. The molecule has 1 amide bonds. The summed E-state index contributed by atoms with van der Waals surface area (Å²) >= 11 is 0. The van der Waals surface area contributed by atoms with Crippen LogP contribution in [0, 0.1) is 5.92 Å². The van der Waals surface area contributed by atoms with E-state index >= 15 is 0 Å². The molecule has 0 radical (unpaired) electrons. The van der Waals surface area contributed by atoms with Crippen molar-refractivity contribution >= 4 is 5.91 Å². The molecular formula is C12H21N5O. The van der Waals surface area contributed by atoms with Gasteiger partial charge >= 0.3 is 0 Å². The van der Waals surface area contributed by atoms with Gasteiger partial charge in [-0.25, -0.2) is 4.98 Å². The Morgan fingerprint density at radius 2 is 2.22 bits per heavy atom. The van der Waals surface area contributed by atoms with E-state index in [1.165, 1.54) is 0 Å². The highest BCUT2D eigenvalue weighted by Gasteiger charge is 2.25.